The van der Waals surface area contributed by atoms with Crippen molar-refractivity contribution in [2.75, 3.05) is 0 Å². The normalized spacial score (nSPS) is 18.9. The molecule has 4 rings (SSSR count). The maximum absolute atomic E-state index is 6.08. The van der Waals surface area contributed by atoms with Crippen LogP contribution in [-0.4, -0.2) is 5.84 Å². The van der Waals surface area contributed by atoms with E-state index in [0.29, 0.717) is 0 Å². The van der Waals surface area contributed by atoms with Crippen LogP contribution in [0.15, 0.2) is 71.7 Å². The number of hydrogen-bond acceptors (Lipinski definition) is 2. The number of hydrogen-bond donors (Lipinski definition) is 1. The predicted octanol–water partition coefficient (Wildman–Crippen LogP) is 6.44. The molecular weight excluding hydrogens is 375 g/mol. The van der Waals surface area contributed by atoms with Crippen molar-refractivity contribution in [2.45, 2.75) is 25.9 Å². The van der Waals surface area contributed by atoms with E-state index in [4.69, 9.17) is 28.2 Å². The van der Waals surface area contributed by atoms with E-state index in [1.807, 2.05) is 36.4 Å². The summed E-state index contributed by atoms with van der Waals surface area (Å²) in [5, 5.41) is 5.09. The molecule has 1 heterocycles. The summed E-state index contributed by atoms with van der Waals surface area (Å²) in [6.45, 7) is 4.25. The van der Waals surface area contributed by atoms with E-state index >= 15 is 0 Å². The Morgan fingerprint density at radius 1 is 0.741 bits per heavy atom. The van der Waals surface area contributed by atoms with Crippen LogP contribution in [0.25, 0.3) is 0 Å². The number of amidine groups is 1. The van der Waals surface area contributed by atoms with Crippen LogP contribution in [0, 0.1) is 13.8 Å². The summed E-state index contributed by atoms with van der Waals surface area (Å²) in [5.74, 6) is 0.915. The van der Waals surface area contributed by atoms with E-state index in [0.717, 1.165) is 32.6 Å². The summed E-state index contributed by atoms with van der Waals surface area (Å²) in [5.41, 5.74) is 5.93. The van der Waals surface area contributed by atoms with Gasteiger partial charge in [-0.1, -0.05) is 59.6 Å². The molecule has 4 heteroatoms. The Labute approximate surface area is 169 Å². The van der Waals surface area contributed by atoms with E-state index in [2.05, 4.69) is 49.5 Å². The molecule has 0 radical (unpaired) electrons. The molecule has 3 aromatic rings. The Morgan fingerprint density at radius 3 is 1.93 bits per heavy atom. The molecule has 0 aliphatic carbocycles. The van der Waals surface area contributed by atoms with Crippen molar-refractivity contribution in [1.29, 1.82) is 0 Å². The van der Waals surface area contributed by atoms with Crippen LogP contribution in [0.2, 0.25) is 10.0 Å². The lowest BCUT2D eigenvalue weighted by molar-refractivity contribution is 0.572. The van der Waals surface area contributed by atoms with Gasteiger partial charge in [-0.15, -0.1) is 0 Å². The number of halogens is 2. The molecule has 0 unspecified atom stereocenters. The monoisotopic (exact) mass is 394 g/mol. The Hall–Kier alpha value is -2.29. The topological polar surface area (TPSA) is 24.4 Å². The third-order valence-electron chi connectivity index (χ3n) is 5.10. The molecule has 136 valence electrons. The first-order chi connectivity index (χ1) is 13.0. The maximum atomic E-state index is 6.08. The molecule has 1 N–H and O–H groups in total. The second kappa shape index (κ2) is 7.38. The first-order valence-corrected chi connectivity index (χ1v) is 9.70. The minimum atomic E-state index is -0.0277. The van der Waals surface area contributed by atoms with Crippen molar-refractivity contribution >= 4 is 29.0 Å². The highest BCUT2D eigenvalue weighted by Crippen LogP contribution is 2.37. The Bertz CT molecular complexity index is 992. The van der Waals surface area contributed by atoms with Gasteiger partial charge in [-0.2, -0.15) is 0 Å². The van der Waals surface area contributed by atoms with E-state index in [1.165, 1.54) is 11.1 Å². The number of rotatable bonds is 3. The number of aryl methyl sites for hydroxylation is 2. The number of benzene rings is 3. The van der Waals surface area contributed by atoms with Crippen LogP contribution in [0.1, 0.15) is 39.9 Å². The third kappa shape index (κ3) is 3.73. The van der Waals surface area contributed by atoms with Gasteiger partial charge in [0.05, 0.1) is 6.04 Å². The first kappa shape index (κ1) is 18.1. The summed E-state index contributed by atoms with van der Waals surface area (Å²) in [6.07, 6.45) is 0. The van der Waals surface area contributed by atoms with Gasteiger partial charge in [0, 0.05) is 15.6 Å². The van der Waals surface area contributed by atoms with E-state index < -0.39 is 0 Å². The second-order valence-electron chi connectivity index (χ2n) is 6.95. The van der Waals surface area contributed by atoms with Gasteiger partial charge < -0.3 is 5.32 Å². The average Bonchev–Trinajstić information content (AvgIpc) is 3.10. The summed E-state index contributed by atoms with van der Waals surface area (Å²) in [6, 6.07) is 22.3. The van der Waals surface area contributed by atoms with E-state index in [-0.39, 0.29) is 12.1 Å². The molecule has 2 atom stereocenters. The van der Waals surface area contributed by atoms with E-state index in [9.17, 15) is 0 Å². The lowest BCUT2D eigenvalue weighted by Crippen LogP contribution is -2.25. The molecule has 2 nitrogen and oxygen atoms in total. The zero-order valence-corrected chi connectivity index (χ0v) is 16.7. The van der Waals surface area contributed by atoms with Crippen LogP contribution in [0.4, 0.5) is 0 Å². The van der Waals surface area contributed by atoms with Crippen molar-refractivity contribution in [1.82, 2.24) is 5.32 Å². The molecule has 0 amide bonds. The van der Waals surface area contributed by atoms with Crippen molar-refractivity contribution in [3.05, 3.63) is 105 Å². The smallest absolute Gasteiger partial charge is 0.129 e. The zero-order chi connectivity index (χ0) is 19.0. The van der Waals surface area contributed by atoms with Crippen molar-refractivity contribution < 1.29 is 0 Å². The van der Waals surface area contributed by atoms with Gasteiger partial charge in [0.15, 0.2) is 0 Å². The zero-order valence-electron chi connectivity index (χ0n) is 15.2. The fraction of sp³-hybridized carbons (Fsp3) is 0.174. The minimum absolute atomic E-state index is 0.0277. The summed E-state index contributed by atoms with van der Waals surface area (Å²) in [4.78, 5) is 5.04. The fourth-order valence-corrected chi connectivity index (χ4v) is 3.64. The van der Waals surface area contributed by atoms with E-state index in [1.54, 1.807) is 0 Å². The number of nitrogens with one attached hydrogen (secondary N) is 1. The van der Waals surface area contributed by atoms with Gasteiger partial charge in [0.25, 0.3) is 0 Å². The average molecular weight is 395 g/mol. The van der Waals surface area contributed by atoms with Gasteiger partial charge in [-0.05, 0) is 66.4 Å². The predicted molar refractivity (Wildman–Crippen MR) is 114 cm³/mol. The summed E-state index contributed by atoms with van der Waals surface area (Å²) >= 11 is 12.2. The number of nitrogens with zero attached hydrogens (tertiary/aromatic N) is 1. The van der Waals surface area contributed by atoms with Gasteiger partial charge in [-0.3, -0.25) is 4.99 Å². The molecule has 0 spiro atoms. The molecule has 0 aromatic heterocycles. The Balaban J connectivity index is 1.75. The quantitative estimate of drug-likeness (QED) is 0.542. The lowest BCUT2D eigenvalue weighted by Gasteiger charge is -2.20. The molecule has 3 aromatic carbocycles. The van der Waals surface area contributed by atoms with Gasteiger partial charge in [0.1, 0.15) is 11.9 Å². The minimum Gasteiger partial charge on any atom is -0.361 e. The SMILES string of the molecule is Cc1ccc(C2=N[C@H](c3ccc(Cl)cc3)[C@H](c3ccc(Cl)cc3)N2)cc1C. The highest BCUT2D eigenvalue weighted by Gasteiger charge is 2.31. The standard InChI is InChI=1S/C23H20Cl2N2/c1-14-3-4-18(13-15(14)2)23-26-21(16-5-9-19(24)10-6-16)22(27-23)17-7-11-20(25)12-8-17/h3-13,21-22H,1-2H3,(H,26,27)/t21-,22+. The third-order valence-corrected chi connectivity index (χ3v) is 5.60. The molecule has 0 saturated carbocycles. The summed E-state index contributed by atoms with van der Waals surface area (Å²) < 4.78 is 0. The molecule has 0 bridgehead atoms. The van der Waals surface area contributed by atoms with Crippen LogP contribution in [0.5, 0.6) is 0 Å². The molecular formula is C23H20Cl2N2. The number of aliphatic imine (C=N–C) groups is 1. The Morgan fingerprint density at radius 2 is 1.33 bits per heavy atom. The molecule has 1 aliphatic rings. The van der Waals surface area contributed by atoms with Crippen molar-refractivity contribution in [2.24, 2.45) is 4.99 Å². The molecule has 0 fully saturated rings. The highest BCUT2D eigenvalue weighted by molar-refractivity contribution is 6.30. The first-order valence-electron chi connectivity index (χ1n) is 8.94. The second-order valence-corrected chi connectivity index (χ2v) is 7.82. The fourth-order valence-electron chi connectivity index (χ4n) is 3.39. The van der Waals surface area contributed by atoms with Crippen molar-refractivity contribution in [3.63, 3.8) is 0 Å². The van der Waals surface area contributed by atoms with Gasteiger partial charge >= 0.3 is 0 Å². The van der Waals surface area contributed by atoms with Crippen LogP contribution >= 0.6 is 23.2 Å². The molecule has 27 heavy (non-hydrogen) atoms. The lowest BCUT2D eigenvalue weighted by atomic mass is 9.95. The van der Waals surface area contributed by atoms with Crippen molar-refractivity contribution in [3.8, 4) is 0 Å². The maximum Gasteiger partial charge on any atom is 0.129 e. The highest BCUT2D eigenvalue weighted by atomic mass is 35.5. The largest absolute Gasteiger partial charge is 0.361 e. The van der Waals surface area contributed by atoms with Crippen LogP contribution in [0.3, 0.4) is 0 Å². The van der Waals surface area contributed by atoms with Gasteiger partial charge in [-0.25, -0.2) is 0 Å². The van der Waals surface area contributed by atoms with Gasteiger partial charge in [0.2, 0.25) is 0 Å². The van der Waals surface area contributed by atoms with Crippen LogP contribution in [-0.2, 0) is 0 Å². The van der Waals surface area contributed by atoms with Crippen LogP contribution < -0.4 is 5.32 Å². The Kier molecular flexibility index (Phi) is 4.94. The molecule has 1 aliphatic heterocycles. The summed E-state index contributed by atoms with van der Waals surface area (Å²) in [7, 11) is 0. The molecule has 0 saturated heterocycles.